The van der Waals surface area contributed by atoms with E-state index in [0.29, 0.717) is 0 Å². The molecule has 0 atom stereocenters. The maximum absolute atomic E-state index is 8.88. The van der Waals surface area contributed by atoms with E-state index in [9.17, 15) is 0 Å². The highest BCUT2D eigenvalue weighted by atomic mass is 31.2. The molecule has 0 aromatic rings. The Balaban J connectivity index is 0.000000241. The molecule has 20 heavy (non-hydrogen) atoms. The summed E-state index contributed by atoms with van der Waals surface area (Å²) in [6, 6.07) is 0. The van der Waals surface area contributed by atoms with Gasteiger partial charge in [0.05, 0.1) is 0 Å². The van der Waals surface area contributed by atoms with Crippen LogP contribution < -0.4 is 0 Å². The molecule has 0 radical (unpaired) electrons. The van der Waals surface area contributed by atoms with Crippen LogP contribution in [0.1, 0.15) is 19.3 Å². The zero-order chi connectivity index (χ0) is 15.1. The molecule has 3 aliphatic rings. The minimum atomic E-state index is -4.64. The van der Waals surface area contributed by atoms with Crippen molar-refractivity contribution in [3.8, 4) is 0 Å². The zero-order valence-corrected chi connectivity index (χ0v) is 12.1. The molecule has 0 saturated carbocycles. The molecule has 5 heteroatoms. The SMILES string of the molecule is C1=CCC=C1.C1=CCC=C1.C1=CCC=C1.O=P(O)(O)O. The molecule has 0 unspecified atom stereocenters. The lowest BCUT2D eigenvalue weighted by atomic mass is 10.5. The summed E-state index contributed by atoms with van der Waals surface area (Å²) < 4.78 is 8.88. The molecule has 0 aliphatic heterocycles. The van der Waals surface area contributed by atoms with Crippen molar-refractivity contribution in [2.45, 2.75) is 19.3 Å². The largest absolute Gasteiger partial charge is 0.466 e. The van der Waals surface area contributed by atoms with Crippen molar-refractivity contribution >= 4 is 7.82 Å². The van der Waals surface area contributed by atoms with Crippen LogP contribution in [0.5, 0.6) is 0 Å². The summed E-state index contributed by atoms with van der Waals surface area (Å²) in [5.74, 6) is 0. The molecular formula is C15H21O4P. The van der Waals surface area contributed by atoms with Gasteiger partial charge in [-0.15, -0.1) is 0 Å². The molecule has 0 spiro atoms. The first-order valence-electron chi connectivity index (χ1n) is 6.23. The van der Waals surface area contributed by atoms with Crippen molar-refractivity contribution in [2.75, 3.05) is 0 Å². The van der Waals surface area contributed by atoms with Gasteiger partial charge < -0.3 is 14.7 Å². The van der Waals surface area contributed by atoms with Crippen molar-refractivity contribution in [3.05, 3.63) is 72.9 Å². The Hall–Kier alpha value is -1.45. The number of rotatable bonds is 0. The first kappa shape index (κ1) is 18.6. The molecule has 110 valence electrons. The van der Waals surface area contributed by atoms with Crippen molar-refractivity contribution in [1.82, 2.24) is 0 Å². The number of phosphoric acid groups is 1. The topological polar surface area (TPSA) is 77.8 Å². The quantitative estimate of drug-likeness (QED) is 0.597. The smallest absolute Gasteiger partial charge is 0.303 e. The summed E-state index contributed by atoms with van der Waals surface area (Å²) in [6.45, 7) is 0. The molecule has 0 amide bonds. The minimum Gasteiger partial charge on any atom is -0.303 e. The van der Waals surface area contributed by atoms with E-state index in [1.807, 2.05) is 0 Å². The lowest BCUT2D eigenvalue weighted by Crippen LogP contribution is -1.66. The fourth-order valence-corrected chi connectivity index (χ4v) is 1.18. The second-order valence-corrected chi connectivity index (χ2v) is 4.82. The van der Waals surface area contributed by atoms with Gasteiger partial charge in [0.1, 0.15) is 0 Å². The normalized spacial score (nSPS) is 16.1. The van der Waals surface area contributed by atoms with Crippen molar-refractivity contribution in [2.24, 2.45) is 0 Å². The summed E-state index contributed by atoms with van der Waals surface area (Å²) in [6.07, 6.45) is 28.5. The highest BCUT2D eigenvalue weighted by Crippen LogP contribution is 2.25. The van der Waals surface area contributed by atoms with Gasteiger partial charge in [0.25, 0.3) is 0 Å². The van der Waals surface area contributed by atoms with Crippen LogP contribution in [0.2, 0.25) is 0 Å². The van der Waals surface area contributed by atoms with Crippen LogP contribution in [0, 0.1) is 0 Å². The standard InChI is InChI=1S/3C5H6.H3O4P/c3*1-2-4-5-3-1;1-5(2,3)4/h3*1-4H,5H2;(H3,1,2,3,4). The molecule has 4 nitrogen and oxygen atoms in total. The Morgan fingerprint density at radius 2 is 0.700 bits per heavy atom. The van der Waals surface area contributed by atoms with Crippen LogP contribution in [0.25, 0.3) is 0 Å². The minimum absolute atomic E-state index is 1.14. The summed E-state index contributed by atoms with van der Waals surface area (Å²) >= 11 is 0. The van der Waals surface area contributed by atoms with Crippen LogP contribution in [0.4, 0.5) is 0 Å². The molecule has 0 bridgehead atoms. The summed E-state index contributed by atoms with van der Waals surface area (Å²) in [5, 5.41) is 0. The van der Waals surface area contributed by atoms with Crippen LogP contribution in [0.3, 0.4) is 0 Å². The second-order valence-electron chi connectivity index (χ2n) is 3.79. The molecule has 0 aromatic heterocycles. The van der Waals surface area contributed by atoms with Crippen LogP contribution in [-0.4, -0.2) is 14.7 Å². The number of hydrogen-bond donors (Lipinski definition) is 3. The monoisotopic (exact) mass is 296 g/mol. The second kappa shape index (κ2) is 12.6. The van der Waals surface area contributed by atoms with Gasteiger partial charge in [0.2, 0.25) is 0 Å². The Bertz CT molecular complexity index is 360. The van der Waals surface area contributed by atoms with Crippen LogP contribution >= 0.6 is 7.82 Å². The molecule has 3 aliphatic carbocycles. The van der Waals surface area contributed by atoms with E-state index in [0.717, 1.165) is 19.3 Å². The van der Waals surface area contributed by atoms with Gasteiger partial charge in [0, 0.05) is 0 Å². The predicted molar refractivity (Wildman–Crippen MR) is 83.0 cm³/mol. The Morgan fingerprint density at radius 1 is 0.550 bits per heavy atom. The van der Waals surface area contributed by atoms with Crippen molar-refractivity contribution in [3.63, 3.8) is 0 Å². The van der Waals surface area contributed by atoms with Gasteiger partial charge in [-0.25, -0.2) is 4.57 Å². The molecule has 0 heterocycles. The molecule has 0 fully saturated rings. The molecule has 3 N–H and O–H groups in total. The third kappa shape index (κ3) is 21.8. The highest BCUT2D eigenvalue weighted by Gasteiger charge is 2.00. The third-order valence-corrected chi connectivity index (χ3v) is 1.97. The van der Waals surface area contributed by atoms with Gasteiger partial charge >= 0.3 is 7.82 Å². The van der Waals surface area contributed by atoms with Gasteiger partial charge in [-0.3, -0.25) is 0 Å². The number of allylic oxidation sites excluding steroid dienone is 12. The van der Waals surface area contributed by atoms with E-state index < -0.39 is 7.82 Å². The first-order chi connectivity index (χ1) is 9.50. The number of hydrogen-bond acceptors (Lipinski definition) is 1. The van der Waals surface area contributed by atoms with E-state index in [1.165, 1.54) is 0 Å². The van der Waals surface area contributed by atoms with Crippen molar-refractivity contribution < 1.29 is 19.2 Å². The lowest BCUT2D eigenvalue weighted by molar-refractivity contribution is 0.275. The predicted octanol–water partition coefficient (Wildman–Crippen LogP) is 3.58. The summed E-state index contributed by atoms with van der Waals surface area (Å²) in [7, 11) is -4.64. The fraction of sp³-hybridized carbons (Fsp3) is 0.200. The van der Waals surface area contributed by atoms with Gasteiger partial charge in [-0.05, 0) is 19.3 Å². The Morgan fingerprint density at radius 3 is 0.750 bits per heavy atom. The van der Waals surface area contributed by atoms with Gasteiger partial charge in [-0.2, -0.15) is 0 Å². The Kier molecular flexibility index (Phi) is 11.7. The van der Waals surface area contributed by atoms with E-state index in [1.54, 1.807) is 0 Å². The summed E-state index contributed by atoms with van der Waals surface area (Å²) in [4.78, 5) is 21.6. The molecule has 0 saturated heterocycles. The molecule has 3 rings (SSSR count). The summed E-state index contributed by atoms with van der Waals surface area (Å²) in [5.41, 5.74) is 0. The van der Waals surface area contributed by atoms with E-state index in [4.69, 9.17) is 19.2 Å². The zero-order valence-electron chi connectivity index (χ0n) is 11.2. The maximum atomic E-state index is 8.88. The highest BCUT2D eigenvalue weighted by molar-refractivity contribution is 7.45. The van der Waals surface area contributed by atoms with Crippen LogP contribution in [0.15, 0.2) is 72.9 Å². The fourth-order valence-electron chi connectivity index (χ4n) is 1.18. The van der Waals surface area contributed by atoms with Crippen LogP contribution in [-0.2, 0) is 4.57 Å². The van der Waals surface area contributed by atoms with Gasteiger partial charge in [-0.1, -0.05) is 72.9 Å². The first-order valence-corrected chi connectivity index (χ1v) is 7.80. The average Bonchev–Trinajstić information content (AvgIpc) is 3.17. The molecular weight excluding hydrogens is 275 g/mol. The van der Waals surface area contributed by atoms with Gasteiger partial charge in [0.15, 0.2) is 0 Å². The van der Waals surface area contributed by atoms with E-state index in [-0.39, 0.29) is 0 Å². The lowest BCUT2D eigenvalue weighted by Gasteiger charge is -1.82. The third-order valence-electron chi connectivity index (χ3n) is 1.97. The maximum Gasteiger partial charge on any atom is 0.466 e. The van der Waals surface area contributed by atoms with E-state index >= 15 is 0 Å². The van der Waals surface area contributed by atoms with Crippen molar-refractivity contribution in [1.29, 1.82) is 0 Å². The average molecular weight is 296 g/mol. The molecule has 0 aromatic carbocycles. The Labute approximate surface area is 120 Å². The van der Waals surface area contributed by atoms with E-state index in [2.05, 4.69) is 72.9 Å².